The van der Waals surface area contributed by atoms with Crippen LogP contribution in [0.5, 0.6) is 0 Å². The fourth-order valence-corrected chi connectivity index (χ4v) is 1.45. The van der Waals surface area contributed by atoms with E-state index in [1.54, 1.807) is 4.68 Å². The van der Waals surface area contributed by atoms with Crippen molar-refractivity contribution in [2.24, 2.45) is 0 Å². The molecule has 0 spiro atoms. The molecule has 88 valence electrons. The van der Waals surface area contributed by atoms with E-state index in [9.17, 15) is 0 Å². The Kier molecular flexibility index (Phi) is 3.13. The molecule has 1 aromatic rings. The summed E-state index contributed by atoms with van der Waals surface area (Å²) in [5.41, 5.74) is 6.18. The van der Waals surface area contributed by atoms with Crippen molar-refractivity contribution in [3.8, 4) is 6.07 Å². The predicted molar refractivity (Wildman–Crippen MR) is 65.3 cm³/mol. The Bertz CT molecular complexity index is 419. The third kappa shape index (κ3) is 1.96. The molecule has 0 aliphatic carbocycles. The maximum atomic E-state index is 9.11. The van der Waals surface area contributed by atoms with Crippen molar-refractivity contribution in [2.75, 3.05) is 24.2 Å². The van der Waals surface area contributed by atoms with Crippen molar-refractivity contribution in [3.05, 3.63) is 5.56 Å². The first-order valence-electron chi connectivity index (χ1n) is 5.33. The number of nitrogens with two attached hydrogens (primary N) is 1. The van der Waals surface area contributed by atoms with Gasteiger partial charge in [-0.1, -0.05) is 0 Å². The van der Waals surface area contributed by atoms with E-state index in [0.29, 0.717) is 17.2 Å². The molecule has 2 N–H and O–H groups in total. The lowest BCUT2D eigenvalue weighted by Crippen LogP contribution is -2.25. The molecule has 0 saturated heterocycles. The van der Waals surface area contributed by atoms with Gasteiger partial charge in [0.05, 0.1) is 5.54 Å². The smallest absolute Gasteiger partial charge is 0.170 e. The Balaban J connectivity index is 3.39. The van der Waals surface area contributed by atoms with Crippen LogP contribution in [0.3, 0.4) is 0 Å². The average Bonchev–Trinajstić information content (AvgIpc) is 2.53. The fraction of sp³-hybridized carbons (Fsp3) is 0.636. The van der Waals surface area contributed by atoms with Crippen molar-refractivity contribution in [2.45, 2.75) is 33.2 Å². The van der Waals surface area contributed by atoms with Crippen LogP contribution in [0.25, 0.3) is 0 Å². The van der Waals surface area contributed by atoms with E-state index in [-0.39, 0.29) is 5.54 Å². The summed E-state index contributed by atoms with van der Waals surface area (Å²) in [4.78, 5) is 1.91. The minimum atomic E-state index is -0.220. The van der Waals surface area contributed by atoms with Crippen LogP contribution in [0.15, 0.2) is 0 Å². The zero-order valence-electron chi connectivity index (χ0n) is 10.6. The first-order valence-corrected chi connectivity index (χ1v) is 5.33. The Labute approximate surface area is 96.5 Å². The molecule has 5 heteroatoms. The number of anilines is 2. The summed E-state index contributed by atoms with van der Waals surface area (Å²) in [5, 5.41) is 13.5. The highest BCUT2D eigenvalue weighted by Crippen LogP contribution is 2.28. The zero-order chi connectivity index (χ0) is 12.5. The molecule has 0 amide bonds. The molecule has 0 aromatic carbocycles. The molecule has 5 nitrogen and oxygen atoms in total. The minimum absolute atomic E-state index is 0.220. The molecule has 0 fully saturated rings. The number of hydrogen-bond acceptors (Lipinski definition) is 4. The van der Waals surface area contributed by atoms with Crippen LogP contribution in [0, 0.1) is 11.3 Å². The normalized spacial score (nSPS) is 11.2. The van der Waals surface area contributed by atoms with E-state index < -0.39 is 0 Å². The van der Waals surface area contributed by atoms with Gasteiger partial charge in [-0.15, -0.1) is 0 Å². The summed E-state index contributed by atoms with van der Waals surface area (Å²) in [6.07, 6.45) is 0. The van der Waals surface area contributed by atoms with Gasteiger partial charge in [-0.05, 0) is 27.7 Å². The van der Waals surface area contributed by atoms with Crippen LogP contribution in [0.1, 0.15) is 33.3 Å². The third-order valence-electron chi connectivity index (χ3n) is 2.49. The molecule has 0 aliphatic rings. The molecule has 1 rings (SSSR count). The van der Waals surface area contributed by atoms with Gasteiger partial charge in [-0.25, -0.2) is 4.68 Å². The Morgan fingerprint density at radius 2 is 2.06 bits per heavy atom. The van der Waals surface area contributed by atoms with Crippen LogP contribution in [0.2, 0.25) is 0 Å². The van der Waals surface area contributed by atoms with Gasteiger partial charge < -0.3 is 10.6 Å². The second-order valence-corrected chi connectivity index (χ2v) is 4.79. The summed E-state index contributed by atoms with van der Waals surface area (Å²) in [7, 11) is 1.90. The predicted octanol–water partition coefficient (Wildman–Crippen LogP) is 1.55. The van der Waals surface area contributed by atoms with Crippen LogP contribution in [-0.2, 0) is 5.54 Å². The van der Waals surface area contributed by atoms with Gasteiger partial charge in [0.15, 0.2) is 5.82 Å². The molecule has 0 radical (unpaired) electrons. The van der Waals surface area contributed by atoms with E-state index >= 15 is 0 Å². The van der Waals surface area contributed by atoms with Crippen LogP contribution in [0.4, 0.5) is 11.6 Å². The lowest BCUT2D eigenvalue weighted by Gasteiger charge is -2.20. The maximum absolute atomic E-state index is 9.11. The van der Waals surface area contributed by atoms with E-state index in [0.717, 1.165) is 6.54 Å². The van der Waals surface area contributed by atoms with E-state index in [1.807, 2.05) is 39.6 Å². The fourth-order valence-electron chi connectivity index (χ4n) is 1.45. The summed E-state index contributed by atoms with van der Waals surface area (Å²) >= 11 is 0. The lowest BCUT2D eigenvalue weighted by molar-refractivity contribution is 0.362. The molecule has 0 atom stereocenters. The average molecular weight is 221 g/mol. The number of aromatic nitrogens is 2. The number of nitrogen functional groups attached to an aromatic ring is 1. The Hall–Kier alpha value is -1.70. The molecule has 1 heterocycles. The second-order valence-electron chi connectivity index (χ2n) is 4.79. The molecule has 0 saturated carbocycles. The van der Waals surface area contributed by atoms with Crippen LogP contribution in [-0.4, -0.2) is 23.4 Å². The molecule has 16 heavy (non-hydrogen) atoms. The van der Waals surface area contributed by atoms with Gasteiger partial charge in [0.1, 0.15) is 17.5 Å². The highest BCUT2D eigenvalue weighted by atomic mass is 15.4. The van der Waals surface area contributed by atoms with Crippen molar-refractivity contribution in [3.63, 3.8) is 0 Å². The molecule has 0 unspecified atom stereocenters. The molecule has 1 aromatic heterocycles. The van der Waals surface area contributed by atoms with Gasteiger partial charge in [-0.3, -0.25) is 0 Å². The summed E-state index contributed by atoms with van der Waals surface area (Å²) in [6.45, 7) is 8.82. The minimum Gasteiger partial charge on any atom is -0.383 e. The first-order chi connectivity index (χ1) is 7.32. The van der Waals surface area contributed by atoms with Gasteiger partial charge in [0, 0.05) is 13.6 Å². The van der Waals surface area contributed by atoms with Gasteiger partial charge in [0.25, 0.3) is 0 Å². The number of nitrogens with zero attached hydrogens (tertiary/aromatic N) is 4. The van der Waals surface area contributed by atoms with E-state index in [4.69, 9.17) is 11.0 Å². The Morgan fingerprint density at radius 1 is 1.50 bits per heavy atom. The highest BCUT2D eigenvalue weighted by Gasteiger charge is 2.24. The van der Waals surface area contributed by atoms with Crippen molar-refractivity contribution in [1.29, 1.82) is 5.26 Å². The largest absolute Gasteiger partial charge is 0.383 e. The second kappa shape index (κ2) is 4.05. The van der Waals surface area contributed by atoms with Gasteiger partial charge >= 0.3 is 0 Å². The lowest BCUT2D eigenvalue weighted by atomic mass is 10.1. The molecular formula is C11H19N5. The Morgan fingerprint density at radius 3 is 2.44 bits per heavy atom. The highest BCUT2D eigenvalue weighted by molar-refractivity contribution is 5.64. The van der Waals surface area contributed by atoms with Crippen molar-refractivity contribution < 1.29 is 0 Å². The summed E-state index contributed by atoms with van der Waals surface area (Å²) in [5.74, 6) is 1.09. The monoisotopic (exact) mass is 221 g/mol. The number of hydrogen-bond donors (Lipinski definition) is 1. The van der Waals surface area contributed by atoms with Gasteiger partial charge in [0.2, 0.25) is 0 Å². The van der Waals surface area contributed by atoms with Crippen LogP contribution < -0.4 is 10.6 Å². The van der Waals surface area contributed by atoms with Gasteiger partial charge in [-0.2, -0.15) is 10.4 Å². The number of nitriles is 1. The molecular weight excluding hydrogens is 202 g/mol. The van der Waals surface area contributed by atoms with Crippen molar-refractivity contribution in [1.82, 2.24) is 9.78 Å². The summed E-state index contributed by atoms with van der Waals surface area (Å²) < 4.78 is 1.70. The quantitative estimate of drug-likeness (QED) is 0.822. The van der Waals surface area contributed by atoms with E-state index in [1.165, 1.54) is 0 Å². The third-order valence-corrected chi connectivity index (χ3v) is 2.49. The van der Waals surface area contributed by atoms with E-state index in [2.05, 4.69) is 11.2 Å². The SMILES string of the molecule is CCN(C)c1nn(C(C)(C)C)c(N)c1C#N. The maximum Gasteiger partial charge on any atom is 0.170 e. The standard InChI is InChI=1S/C11H19N5/c1-6-15(5)10-8(7-12)9(13)16(14-10)11(2,3)4/h6,13H2,1-5H3. The van der Waals surface area contributed by atoms with Crippen molar-refractivity contribution >= 4 is 11.6 Å². The zero-order valence-corrected chi connectivity index (χ0v) is 10.6. The topological polar surface area (TPSA) is 70.9 Å². The molecule has 0 aliphatic heterocycles. The first kappa shape index (κ1) is 12.4. The van der Waals surface area contributed by atoms with Crippen LogP contribution >= 0.6 is 0 Å². The summed E-state index contributed by atoms with van der Waals surface area (Å²) in [6, 6.07) is 2.12. The molecule has 0 bridgehead atoms. The number of rotatable bonds is 2.